The van der Waals surface area contributed by atoms with Crippen LogP contribution in [0.1, 0.15) is 30.6 Å². The molecule has 1 aromatic carbocycles. The van der Waals surface area contributed by atoms with Gasteiger partial charge in [0.25, 0.3) is 11.8 Å². The van der Waals surface area contributed by atoms with E-state index in [-0.39, 0.29) is 17.4 Å². The highest BCUT2D eigenvalue weighted by Crippen LogP contribution is 2.31. The molecule has 1 aromatic heterocycles. The van der Waals surface area contributed by atoms with E-state index in [9.17, 15) is 23.2 Å². The summed E-state index contributed by atoms with van der Waals surface area (Å²) in [5.74, 6) is -4.95. The zero-order chi connectivity index (χ0) is 22.8. The molecule has 3 amide bonds. The van der Waals surface area contributed by atoms with E-state index in [0.29, 0.717) is 16.6 Å². The predicted molar refractivity (Wildman–Crippen MR) is 108 cm³/mol. The van der Waals surface area contributed by atoms with Crippen molar-refractivity contribution < 1.29 is 23.2 Å². The molecular formula is C21H21F2N5O3. The quantitative estimate of drug-likeness (QED) is 0.757. The first kappa shape index (κ1) is 22.1. The number of alkyl halides is 2. The van der Waals surface area contributed by atoms with Crippen molar-refractivity contribution in [1.82, 2.24) is 15.2 Å². The second kappa shape index (κ2) is 8.63. The SMILES string of the molecule is CC(C)C(=O)Nc1cccc2c(C(=O)NCC(=O)N3CC(F)(F)C[C@H]3C#N)ccnc12. The molecule has 1 aliphatic heterocycles. The number of carbonyl (C=O) groups is 3. The summed E-state index contributed by atoms with van der Waals surface area (Å²) in [5, 5.41) is 14.6. The fourth-order valence-corrected chi connectivity index (χ4v) is 3.30. The average Bonchev–Trinajstić information content (AvgIpc) is 3.06. The Morgan fingerprint density at radius 3 is 2.74 bits per heavy atom. The number of likely N-dealkylation sites (tertiary alicyclic amines) is 1. The molecule has 0 radical (unpaired) electrons. The standard InChI is InChI=1S/C21H21F2N5O3/c1-12(2)19(30)27-16-5-3-4-14-15(6-7-25-18(14)16)20(31)26-10-17(29)28-11-21(22,23)8-13(28)9-24/h3-7,12-13H,8,10-11H2,1-2H3,(H,26,31)(H,27,30)/t13-/m0/s1. The van der Waals surface area contributed by atoms with Crippen LogP contribution in [0, 0.1) is 17.2 Å². The Hall–Kier alpha value is -3.61. The smallest absolute Gasteiger partial charge is 0.268 e. The molecule has 2 aromatic rings. The summed E-state index contributed by atoms with van der Waals surface area (Å²) < 4.78 is 27.1. The maximum atomic E-state index is 13.5. The maximum Gasteiger partial charge on any atom is 0.268 e. The highest BCUT2D eigenvalue weighted by Gasteiger charge is 2.47. The van der Waals surface area contributed by atoms with Crippen LogP contribution in [0.3, 0.4) is 0 Å². The number of carbonyl (C=O) groups excluding carboxylic acids is 3. The first-order valence-corrected chi connectivity index (χ1v) is 9.66. The largest absolute Gasteiger partial charge is 0.343 e. The molecule has 1 saturated heterocycles. The lowest BCUT2D eigenvalue weighted by Crippen LogP contribution is -2.43. The Morgan fingerprint density at radius 2 is 2.06 bits per heavy atom. The van der Waals surface area contributed by atoms with Gasteiger partial charge in [0.2, 0.25) is 11.8 Å². The molecule has 0 aliphatic carbocycles. The number of anilines is 1. The number of nitrogens with one attached hydrogen (secondary N) is 2. The number of rotatable bonds is 5. The molecule has 1 aliphatic rings. The van der Waals surface area contributed by atoms with Crippen LogP contribution in [0.5, 0.6) is 0 Å². The normalized spacial score (nSPS) is 17.4. The van der Waals surface area contributed by atoms with E-state index in [2.05, 4.69) is 15.6 Å². The zero-order valence-corrected chi connectivity index (χ0v) is 17.0. The molecule has 1 atom stereocenters. The maximum absolute atomic E-state index is 13.5. The summed E-state index contributed by atoms with van der Waals surface area (Å²) in [6.45, 7) is 2.12. The van der Waals surface area contributed by atoms with Crippen molar-refractivity contribution in [3.05, 3.63) is 36.0 Å². The number of pyridine rings is 1. The summed E-state index contributed by atoms with van der Waals surface area (Å²) in [7, 11) is 0. The summed E-state index contributed by atoms with van der Waals surface area (Å²) in [4.78, 5) is 42.1. The molecule has 0 bridgehead atoms. The number of hydrogen-bond donors (Lipinski definition) is 2. The lowest BCUT2D eigenvalue weighted by Gasteiger charge is -2.19. The highest BCUT2D eigenvalue weighted by molar-refractivity contribution is 6.10. The van der Waals surface area contributed by atoms with Crippen molar-refractivity contribution in [3.8, 4) is 6.07 Å². The van der Waals surface area contributed by atoms with E-state index in [1.807, 2.05) is 0 Å². The predicted octanol–water partition coefficient (Wildman–Crippen LogP) is 2.32. The molecule has 31 heavy (non-hydrogen) atoms. The first-order chi connectivity index (χ1) is 14.6. The topological polar surface area (TPSA) is 115 Å². The molecule has 0 spiro atoms. The Labute approximate surface area is 177 Å². The number of nitrogens with zero attached hydrogens (tertiary/aromatic N) is 3. The number of halogens is 2. The number of aromatic nitrogens is 1. The van der Waals surface area contributed by atoms with Crippen molar-refractivity contribution in [3.63, 3.8) is 0 Å². The van der Waals surface area contributed by atoms with E-state index >= 15 is 0 Å². The number of nitriles is 1. The van der Waals surface area contributed by atoms with Gasteiger partial charge in [0.15, 0.2) is 0 Å². The Morgan fingerprint density at radius 1 is 1.32 bits per heavy atom. The minimum atomic E-state index is -3.13. The lowest BCUT2D eigenvalue weighted by atomic mass is 10.1. The van der Waals surface area contributed by atoms with Gasteiger partial charge in [-0.25, -0.2) is 8.78 Å². The molecule has 162 valence electrons. The Bertz CT molecular complexity index is 1080. The Kier molecular flexibility index (Phi) is 6.15. The fraction of sp³-hybridized carbons (Fsp3) is 0.381. The Balaban J connectivity index is 1.76. The molecule has 1 fully saturated rings. The van der Waals surface area contributed by atoms with Gasteiger partial charge in [0.1, 0.15) is 6.04 Å². The van der Waals surface area contributed by atoms with Crippen molar-refractivity contribution in [1.29, 1.82) is 5.26 Å². The van der Waals surface area contributed by atoms with Crippen LogP contribution < -0.4 is 10.6 Å². The zero-order valence-electron chi connectivity index (χ0n) is 17.0. The van der Waals surface area contributed by atoms with Gasteiger partial charge in [-0.15, -0.1) is 0 Å². The lowest BCUT2D eigenvalue weighted by molar-refractivity contribution is -0.131. The van der Waals surface area contributed by atoms with Gasteiger partial charge in [-0.1, -0.05) is 26.0 Å². The van der Waals surface area contributed by atoms with Gasteiger partial charge in [-0.2, -0.15) is 5.26 Å². The van der Waals surface area contributed by atoms with Gasteiger partial charge in [-0.3, -0.25) is 19.4 Å². The highest BCUT2D eigenvalue weighted by atomic mass is 19.3. The van der Waals surface area contributed by atoms with Crippen molar-refractivity contribution in [2.75, 3.05) is 18.4 Å². The van der Waals surface area contributed by atoms with E-state index in [1.165, 1.54) is 12.3 Å². The molecule has 10 heteroatoms. The van der Waals surface area contributed by atoms with Crippen LogP contribution in [0.4, 0.5) is 14.5 Å². The minimum Gasteiger partial charge on any atom is -0.343 e. The molecular weight excluding hydrogens is 408 g/mol. The van der Waals surface area contributed by atoms with Gasteiger partial charge < -0.3 is 15.5 Å². The van der Waals surface area contributed by atoms with E-state index in [1.54, 1.807) is 38.1 Å². The van der Waals surface area contributed by atoms with Gasteiger partial charge in [0, 0.05) is 23.9 Å². The third-order valence-corrected chi connectivity index (χ3v) is 4.94. The fourth-order valence-electron chi connectivity index (χ4n) is 3.30. The van der Waals surface area contributed by atoms with Gasteiger partial charge in [0.05, 0.1) is 35.9 Å². The van der Waals surface area contributed by atoms with Crippen LogP contribution in [-0.4, -0.2) is 52.7 Å². The van der Waals surface area contributed by atoms with Crippen molar-refractivity contribution in [2.24, 2.45) is 5.92 Å². The second-order valence-corrected chi connectivity index (χ2v) is 7.61. The third kappa shape index (κ3) is 4.77. The molecule has 3 rings (SSSR count). The summed E-state index contributed by atoms with van der Waals surface area (Å²) in [6.07, 6.45) is 0.680. The summed E-state index contributed by atoms with van der Waals surface area (Å²) in [6, 6.07) is 6.89. The second-order valence-electron chi connectivity index (χ2n) is 7.61. The molecule has 0 saturated carbocycles. The first-order valence-electron chi connectivity index (χ1n) is 9.66. The van der Waals surface area contributed by atoms with Crippen LogP contribution >= 0.6 is 0 Å². The third-order valence-electron chi connectivity index (χ3n) is 4.94. The number of amides is 3. The number of para-hydroxylation sites is 1. The number of benzene rings is 1. The number of hydrogen-bond acceptors (Lipinski definition) is 5. The van der Waals surface area contributed by atoms with Crippen molar-refractivity contribution >= 4 is 34.3 Å². The number of fused-ring (bicyclic) bond motifs is 1. The van der Waals surface area contributed by atoms with Gasteiger partial charge in [-0.05, 0) is 12.1 Å². The minimum absolute atomic E-state index is 0.204. The van der Waals surface area contributed by atoms with E-state index < -0.39 is 43.3 Å². The summed E-state index contributed by atoms with van der Waals surface area (Å²) in [5.41, 5.74) is 1.05. The van der Waals surface area contributed by atoms with E-state index in [0.717, 1.165) is 4.90 Å². The van der Waals surface area contributed by atoms with Crippen LogP contribution in [0.25, 0.3) is 10.9 Å². The summed E-state index contributed by atoms with van der Waals surface area (Å²) >= 11 is 0. The van der Waals surface area contributed by atoms with Crippen LogP contribution in [-0.2, 0) is 9.59 Å². The van der Waals surface area contributed by atoms with E-state index in [4.69, 9.17) is 5.26 Å². The van der Waals surface area contributed by atoms with Crippen LogP contribution in [0.2, 0.25) is 0 Å². The molecule has 8 nitrogen and oxygen atoms in total. The monoisotopic (exact) mass is 429 g/mol. The average molecular weight is 429 g/mol. The van der Waals surface area contributed by atoms with Crippen molar-refractivity contribution in [2.45, 2.75) is 32.2 Å². The van der Waals surface area contributed by atoms with Gasteiger partial charge >= 0.3 is 0 Å². The molecule has 2 heterocycles. The molecule has 0 unspecified atom stereocenters. The van der Waals surface area contributed by atoms with Crippen LogP contribution in [0.15, 0.2) is 30.5 Å². The molecule has 2 N–H and O–H groups in total.